The fraction of sp³-hybridized carbons (Fsp3) is 0.125. The summed E-state index contributed by atoms with van der Waals surface area (Å²) in [5.74, 6) is -1.17. The van der Waals surface area contributed by atoms with E-state index in [1.54, 1.807) is 55.6 Å². The fourth-order valence-electron chi connectivity index (χ4n) is 2.85. The Bertz CT molecular complexity index is 1180. The minimum absolute atomic E-state index is 0.0744. The first-order chi connectivity index (χ1) is 15.4. The number of aliphatic imine (C=N–C) groups is 1. The number of amides is 1. The average Bonchev–Trinajstić information content (AvgIpc) is 2.79. The number of nitrogens with one attached hydrogen (secondary N) is 1. The molecule has 0 atom stereocenters. The van der Waals surface area contributed by atoms with Crippen molar-refractivity contribution >= 4 is 41.1 Å². The van der Waals surface area contributed by atoms with Gasteiger partial charge in [-0.25, -0.2) is 9.18 Å². The second-order valence-electron chi connectivity index (χ2n) is 6.71. The summed E-state index contributed by atoms with van der Waals surface area (Å²) in [7, 11) is 1.33. The molecule has 0 fully saturated rings. The third-order valence-corrected chi connectivity index (χ3v) is 4.82. The van der Waals surface area contributed by atoms with Crippen molar-refractivity contribution in [1.82, 2.24) is 0 Å². The van der Waals surface area contributed by atoms with Crippen molar-refractivity contribution in [2.24, 2.45) is 4.99 Å². The Balaban J connectivity index is 1.65. The summed E-state index contributed by atoms with van der Waals surface area (Å²) < 4.78 is 23.8. The van der Waals surface area contributed by atoms with Gasteiger partial charge in [-0.1, -0.05) is 29.8 Å². The van der Waals surface area contributed by atoms with Crippen molar-refractivity contribution in [2.75, 3.05) is 19.0 Å². The van der Waals surface area contributed by atoms with Crippen LogP contribution in [0.5, 0.6) is 5.75 Å². The molecule has 164 valence electrons. The van der Waals surface area contributed by atoms with E-state index < -0.39 is 17.7 Å². The maximum atomic E-state index is 13.6. The molecular formula is C24H20ClFN2O4. The molecule has 0 spiro atoms. The largest absolute Gasteiger partial charge is 0.482 e. The Labute approximate surface area is 189 Å². The Morgan fingerprint density at radius 2 is 1.91 bits per heavy atom. The van der Waals surface area contributed by atoms with Crippen LogP contribution < -0.4 is 10.1 Å². The third-order valence-electron chi connectivity index (χ3n) is 4.53. The minimum atomic E-state index is -0.533. The molecule has 1 amide bonds. The molecule has 0 radical (unpaired) electrons. The summed E-state index contributed by atoms with van der Waals surface area (Å²) in [4.78, 5) is 28.2. The molecule has 0 saturated carbocycles. The second-order valence-corrected chi connectivity index (χ2v) is 7.11. The van der Waals surface area contributed by atoms with Crippen molar-refractivity contribution in [1.29, 1.82) is 0 Å². The Morgan fingerprint density at radius 3 is 2.62 bits per heavy atom. The molecule has 0 aliphatic carbocycles. The predicted octanol–water partition coefficient (Wildman–Crippen LogP) is 5.34. The normalized spacial score (nSPS) is 10.8. The van der Waals surface area contributed by atoms with Gasteiger partial charge in [0, 0.05) is 6.21 Å². The maximum Gasteiger partial charge on any atom is 0.338 e. The highest BCUT2D eigenvalue weighted by molar-refractivity contribution is 6.32. The summed E-state index contributed by atoms with van der Waals surface area (Å²) in [6.45, 7) is 1.45. The van der Waals surface area contributed by atoms with E-state index in [0.29, 0.717) is 28.1 Å². The molecule has 1 N–H and O–H groups in total. The maximum absolute atomic E-state index is 13.6. The molecule has 6 nitrogen and oxygen atoms in total. The number of benzene rings is 3. The highest BCUT2D eigenvalue weighted by atomic mass is 35.5. The van der Waals surface area contributed by atoms with Gasteiger partial charge in [0.05, 0.1) is 29.1 Å². The smallest absolute Gasteiger partial charge is 0.338 e. The standard InChI is InChI=1S/C24H20ClFN2O4/c1-15-17(24(30)31-2)6-5-9-20(15)27-13-16-10-11-22(18(25)12-16)32-14-23(29)28-21-8-4-3-7-19(21)26/h3-13H,14H2,1-2H3,(H,28,29). The zero-order valence-corrected chi connectivity index (χ0v) is 18.2. The summed E-state index contributed by atoms with van der Waals surface area (Å²) in [6.07, 6.45) is 1.60. The number of methoxy groups -OCH3 is 1. The van der Waals surface area contributed by atoms with E-state index in [9.17, 15) is 14.0 Å². The lowest BCUT2D eigenvalue weighted by atomic mass is 10.1. The lowest BCUT2D eigenvalue weighted by molar-refractivity contribution is -0.118. The van der Waals surface area contributed by atoms with Crippen LogP contribution in [0, 0.1) is 12.7 Å². The Kier molecular flexibility index (Phi) is 7.57. The monoisotopic (exact) mass is 454 g/mol. The number of nitrogens with zero attached hydrogens (tertiary/aromatic N) is 1. The molecule has 0 saturated heterocycles. The van der Waals surface area contributed by atoms with Crippen molar-refractivity contribution in [2.45, 2.75) is 6.92 Å². The Hall–Kier alpha value is -3.71. The van der Waals surface area contributed by atoms with E-state index in [0.717, 1.165) is 0 Å². The molecule has 0 aliphatic heterocycles. The van der Waals surface area contributed by atoms with Gasteiger partial charge in [-0.2, -0.15) is 0 Å². The zero-order valence-electron chi connectivity index (χ0n) is 17.4. The number of esters is 1. The van der Waals surface area contributed by atoms with Gasteiger partial charge in [-0.3, -0.25) is 9.79 Å². The zero-order chi connectivity index (χ0) is 23.1. The number of ether oxygens (including phenoxy) is 2. The second kappa shape index (κ2) is 10.5. The van der Waals surface area contributed by atoms with Gasteiger partial charge in [0.1, 0.15) is 11.6 Å². The SMILES string of the molecule is COC(=O)c1cccc(N=Cc2ccc(OCC(=O)Nc3ccccc3F)c(Cl)c2)c1C. The Morgan fingerprint density at radius 1 is 1.12 bits per heavy atom. The average molecular weight is 455 g/mol. The summed E-state index contributed by atoms with van der Waals surface area (Å²) >= 11 is 6.26. The molecule has 3 aromatic rings. The summed E-state index contributed by atoms with van der Waals surface area (Å²) in [5.41, 5.74) is 2.53. The molecule has 0 bridgehead atoms. The number of carbonyl (C=O) groups is 2. The van der Waals surface area contributed by atoms with Gasteiger partial charge in [0.15, 0.2) is 6.61 Å². The van der Waals surface area contributed by atoms with Crippen LogP contribution in [-0.4, -0.2) is 31.8 Å². The number of carbonyl (C=O) groups excluding carboxylic acids is 2. The minimum Gasteiger partial charge on any atom is -0.482 e. The van der Waals surface area contributed by atoms with Gasteiger partial charge in [0.2, 0.25) is 0 Å². The van der Waals surface area contributed by atoms with E-state index in [4.69, 9.17) is 21.1 Å². The summed E-state index contributed by atoms with van der Waals surface area (Å²) in [6, 6.07) is 16.0. The van der Waals surface area contributed by atoms with Crippen LogP contribution in [0.2, 0.25) is 5.02 Å². The third kappa shape index (κ3) is 5.70. The summed E-state index contributed by atoms with van der Waals surface area (Å²) in [5, 5.41) is 2.72. The van der Waals surface area contributed by atoms with Crippen LogP contribution in [0.25, 0.3) is 0 Å². The van der Waals surface area contributed by atoms with Crippen LogP contribution in [0.1, 0.15) is 21.5 Å². The molecule has 3 rings (SSSR count). The number of halogens is 2. The van der Waals surface area contributed by atoms with E-state index in [2.05, 4.69) is 10.3 Å². The van der Waals surface area contributed by atoms with Crippen LogP contribution in [0.3, 0.4) is 0 Å². The number of anilines is 1. The fourth-order valence-corrected chi connectivity index (χ4v) is 3.09. The van der Waals surface area contributed by atoms with Crippen LogP contribution in [-0.2, 0) is 9.53 Å². The molecule has 3 aromatic carbocycles. The van der Waals surface area contributed by atoms with Crippen molar-refractivity contribution < 1.29 is 23.5 Å². The highest BCUT2D eigenvalue weighted by Gasteiger charge is 2.12. The molecule has 0 heterocycles. The molecule has 0 aromatic heterocycles. The number of hydrogen-bond acceptors (Lipinski definition) is 5. The molecule has 32 heavy (non-hydrogen) atoms. The number of rotatable bonds is 7. The first kappa shape index (κ1) is 23.0. The first-order valence-corrected chi connectivity index (χ1v) is 9.95. The molecular weight excluding hydrogens is 435 g/mol. The molecule has 0 aliphatic rings. The predicted molar refractivity (Wildman–Crippen MR) is 122 cm³/mol. The van der Waals surface area contributed by atoms with Crippen molar-refractivity contribution in [3.05, 3.63) is 88.2 Å². The van der Waals surface area contributed by atoms with Gasteiger partial charge < -0.3 is 14.8 Å². The first-order valence-electron chi connectivity index (χ1n) is 9.57. The van der Waals surface area contributed by atoms with E-state index in [1.807, 2.05) is 0 Å². The van der Waals surface area contributed by atoms with Crippen LogP contribution in [0.15, 0.2) is 65.7 Å². The number of hydrogen-bond donors (Lipinski definition) is 1. The van der Waals surface area contributed by atoms with E-state index >= 15 is 0 Å². The van der Waals surface area contributed by atoms with Crippen LogP contribution >= 0.6 is 11.6 Å². The van der Waals surface area contributed by atoms with E-state index in [-0.39, 0.29) is 17.3 Å². The lowest BCUT2D eigenvalue weighted by Crippen LogP contribution is -2.20. The van der Waals surface area contributed by atoms with Gasteiger partial charge in [-0.15, -0.1) is 0 Å². The van der Waals surface area contributed by atoms with Gasteiger partial charge in [0.25, 0.3) is 5.91 Å². The number of para-hydroxylation sites is 1. The molecule has 8 heteroatoms. The van der Waals surface area contributed by atoms with Crippen molar-refractivity contribution in [3.8, 4) is 5.75 Å². The van der Waals surface area contributed by atoms with E-state index in [1.165, 1.54) is 25.3 Å². The topological polar surface area (TPSA) is 77.0 Å². The van der Waals surface area contributed by atoms with Gasteiger partial charge in [-0.05, 0) is 60.5 Å². The lowest BCUT2D eigenvalue weighted by Gasteiger charge is -2.10. The van der Waals surface area contributed by atoms with Gasteiger partial charge >= 0.3 is 5.97 Å². The molecule has 0 unspecified atom stereocenters. The quantitative estimate of drug-likeness (QED) is 0.386. The van der Waals surface area contributed by atoms with Crippen molar-refractivity contribution in [3.63, 3.8) is 0 Å². The highest BCUT2D eigenvalue weighted by Crippen LogP contribution is 2.26. The van der Waals surface area contributed by atoms with Crippen LogP contribution in [0.4, 0.5) is 15.8 Å².